The van der Waals surface area contributed by atoms with E-state index in [2.05, 4.69) is 5.10 Å². The van der Waals surface area contributed by atoms with Crippen molar-refractivity contribution in [3.05, 3.63) is 51.8 Å². The van der Waals surface area contributed by atoms with E-state index in [1.54, 1.807) is 16.5 Å². The number of likely N-dealkylation sites (tertiary alicyclic amines) is 1. The minimum Gasteiger partial charge on any atom is -0.481 e. The first-order valence-corrected chi connectivity index (χ1v) is 9.41. The van der Waals surface area contributed by atoms with Gasteiger partial charge in [0.05, 0.1) is 23.2 Å². The van der Waals surface area contributed by atoms with E-state index in [1.807, 2.05) is 38.1 Å². The lowest BCUT2D eigenvalue weighted by atomic mass is 9.82. The molecular weight excluding hydrogens is 366 g/mol. The number of carboxylic acids is 1. The number of halogens is 1. The average Bonchev–Trinajstić information content (AvgIpc) is 2.90. The highest BCUT2D eigenvalue weighted by Crippen LogP contribution is 2.31. The number of nitrogens with zero attached hydrogens (tertiary/aromatic N) is 3. The first-order chi connectivity index (χ1) is 12.7. The summed E-state index contributed by atoms with van der Waals surface area (Å²) in [6, 6.07) is 7.55. The molecule has 1 aromatic heterocycles. The molecule has 1 atom stereocenters. The first-order valence-electron chi connectivity index (χ1n) is 9.03. The minimum absolute atomic E-state index is 0.150. The van der Waals surface area contributed by atoms with E-state index in [4.69, 9.17) is 11.6 Å². The molecular formula is C20H24ClN3O3. The summed E-state index contributed by atoms with van der Waals surface area (Å²) in [7, 11) is 0. The Labute approximate surface area is 163 Å². The van der Waals surface area contributed by atoms with Gasteiger partial charge in [0.2, 0.25) is 0 Å². The predicted octanol–water partition coefficient (Wildman–Crippen LogP) is 3.53. The average molecular weight is 390 g/mol. The Bertz CT molecular complexity index is 893. The normalized spacial score (nSPS) is 19.9. The van der Waals surface area contributed by atoms with Crippen LogP contribution < -0.4 is 0 Å². The van der Waals surface area contributed by atoms with Crippen molar-refractivity contribution < 1.29 is 14.7 Å². The largest absolute Gasteiger partial charge is 0.481 e. The minimum atomic E-state index is -0.900. The molecule has 1 unspecified atom stereocenters. The highest BCUT2D eigenvalue weighted by molar-refractivity contribution is 6.31. The zero-order valence-electron chi connectivity index (χ0n) is 15.8. The van der Waals surface area contributed by atoms with Gasteiger partial charge in [0.25, 0.3) is 5.91 Å². The number of aromatic nitrogens is 2. The lowest BCUT2D eigenvalue weighted by Gasteiger charge is -2.37. The molecule has 1 aliphatic rings. The van der Waals surface area contributed by atoms with Crippen molar-refractivity contribution in [2.75, 3.05) is 13.1 Å². The molecule has 0 radical (unpaired) electrons. The number of carbonyl (C=O) groups excluding carboxylic acids is 1. The number of rotatable bonds is 4. The van der Waals surface area contributed by atoms with Crippen LogP contribution in [-0.2, 0) is 11.3 Å². The fourth-order valence-corrected chi connectivity index (χ4v) is 3.89. The summed E-state index contributed by atoms with van der Waals surface area (Å²) < 4.78 is 1.78. The van der Waals surface area contributed by atoms with Crippen LogP contribution in [0.15, 0.2) is 24.3 Å². The molecule has 1 N–H and O–H groups in total. The highest BCUT2D eigenvalue weighted by atomic mass is 35.5. The number of piperidine rings is 1. The molecule has 1 saturated heterocycles. The van der Waals surface area contributed by atoms with Crippen LogP contribution in [-0.4, -0.2) is 44.8 Å². The summed E-state index contributed by atoms with van der Waals surface area (Å²) in [6.07, 6.45) is 1.26. The molecule has 2 heterocycles. The van der Waals surface area contributed by atoms with Gasteiger partial charge in [0, 0.05) is 23.8 Å². The Kier molecular flexibility index (Phi) is 5.29. The molecule has 1 aromatic carbocycles. The second-order valence-electron chi connectivity index (χ2n) is 7.49. The van der Waals surface area contributed by atoms with Crippen LogP contribution in [0, 0.1) is 19.3 Å². The SMILES string of the molecule is Cc1nn(Cc2ccccc2Cl)c(C)c1C(=O)N1CCCC(C)(C(=O)O)C1. The molecule has 0 aliphatic carbocycles. The maximum Gasteiger partial charge on any atom is 0.311 e. The third-order valence-corrected chi connectivity index (χ3v) is 5.74. The van der Waals surface area contributed by atoms with Crippen molar-refractivity contribution >= 4 is 23.5 Å². The van der Waals surface area contributed by atoms with Gasteiger partial charge < -0.3 is 10.0 Å². The molecule has 144 valence electrons. The van der Waals surface area contributed by atoms with Gasteiger partial charge in [-0.25, -0.2) is 0 Å². The van der Waals surface area contributed by atoms with E-state index < -0.39 is 11.4 Å². The van der Waals surface area contributed by atoms with E-state index in [0.717, 1.165) is 11.3 Å². The molecule has 0 saturated carbocycles. The van der Waals surface area contributed by atoms with Crippen molar-refractivity contribution in [3.8, 4) is 0 Å². The Morgan fingerprint density at radius 1 is 1.30 bits per heavy atom. The fourth-order valence-electron chi connectivity index (χ4n) is 3.69. The van der Waals surface area contributed by atoms with Crippen molar-refractivity contribution in [2.45, 2.75) is 40.2 Å². The third-order valence-electron chi connectivity index (χ3n) is 5.37. The van der Waals surface area contributed by atoms with Gasteiger partial charge in [-0.1, -0.05) is 29.8 Å². The molecule has 6 nitrogen and oxygen atoms in total. The lowest BCUT2D eigenvalue weighted by Crippen LogP contribution is -2.48. The number of hydrogen-bond acceptors (Lipinski definition) is 3. The van der Waals surface area contributed by atoms with Crippen molar-refractivity contribution in [3.63, 3.8) is 0 Å². The quantitative estimate of drug-likeness (QED) is 0.867. The van der Waals surface area contributed by atoms with E-state index in [0.29, 0.717) is 42.2 Å². The Hall–Kier alpha value is -2.34. The van der Waals surface area contributed by atoms with Crippen LogP contribution in [0.5, 0.6) is 0 Å². The number of benzene rings is 1. The van der Waals surface area contributed by atoms with Gasteiger partial charge in [0.15, 0.2) is 0 Å². The molecule has 1 aliphatic heterocycles. The van der Waals surface area contributed by atoms with Crippen molar-refractivity contribution in [1.29, 1.82) is 0 Å². The van der Waals surface area contributed by atoms with E-state index >= 15 is 0 Å². The standard InChI is InChI=1S/C20H24ClN3O3/c1-13-17(18(25)23-10-6-9-20(3,12-23)19(26)27)14(2)24(22-13)11-15-7-4-5-8-16(15)21/h4-5,7-8H,6,9-12H2,1-3H3,(H,26,27). The second-order valence-corrected chi connectivity index (χ2v) is 7.90. The second kappa shape index (κ2) is 7.35. The molecule has 27 heavy (non-hydrogen) atoms. The Balaban J connectivity index is 1.87. The van der Waals surface area contributed by atoms with Gasteiger partial charge in [0.1, 0.15) is 0 Å². The zero-order valence-corrected chi connectivity index (χ0v) is 16.6. The van der Waals surface area contributed by atoms with Crippen molar-refractivity contribution in [1.82, 2.24) is 14.7 Å². The molecule has 1 fully saturated rings. The van der Waals surface area contributed by atoms with Crippen LogP contribution in [0.3, 0.4) is 0 Å². The summed E-state index contributed by atoms with van der Waals surface area (Å²) >= 11 is 6.25. The molecule has 2 aromatic rings. The van der Waals surface area contributed by atoms with Gasteiger partial charge in [-0.3, -0.25) is 14.3 Å². The van der Waals surface area contributed by atoms with Crippen LogP contribution in [0.1, 0.15) is 47.1 Å². The maximum absolute atomic E-state index is 13.1. The summed E-state index contributed by atoms with van der Waals surface area (Å²) in [5, 5.41) is 14.7. The number of amides is 1. The zero-order chi connectivity index (χ0) is 19.8. The number of aryl methyl sites for hydroxylation is 1. The van der Waals surface area contributed by atoms with E-state index in [-0.39, 0.29) is 12.5 Å². The number of carbonyl (C=O) groups is 2. The van der Waals surface area contributed by atoms with Crippen LogP contribution in [0.2, 0.25) is 5.02 Å². The maximum atomic E-state index is 13.1. The van der Waals surface area contributed by atoms with Crippen molar-refractivity contribution in [2.24, 2.45) is 5.41 Å². The summed E-state index contributed by atoms with van der Waals surface area (Å²) in [5.41, 5.74) is 1.99. The monoisotopic (exact) mass is 389 g/mol. The van der Waals surface area contributed by atoms with E-state index in [9.17, 15) is 14.7 Å². The van der Waals surface area contributed by atoms with Crippen LogP contribution in [0.25, 0.3) is 0 Å². The summed E-state index contributed by atoms with van der Waals surface area (Å²) in [6.45, 7) is 6.64. The number of aliphatic carboxylic acids is 1. The summed E-state index contributed by atoms with van der Waals surface area (Å²) in [5.74, 6) is -1.01. The summed E-state index contributed by atoms with van der Waals surface area (Å²) in [4.78, 5) is 26.4. The number of carboxylic acid groups (broad SMARTS) is 1. The Morgan fingerprint density at radius 3 is 2.67 bits per heavy atom. The Morgan fingerprint density at radius 2 is 2.00 bits per heavy atom. The number of hydrogen-bond donors (Lipinski definition) is 1. The topological polar surface area (TPSA) is 75.4 Å². The lowest BCUT2D eigenvalue weighted by molar-refractivity contribution is -0.150. The molecule has 7 heteroatoms. The third kappa shape index (κ3) is 3.72. The molecule has 3 rings (SSSR count). The van der Waals surface area contributed by atoms with Crippen LogP contribution >= 0.6 is 11.6 Å². The molecule has 0 spiro atoms. The van der Waals surface area contributed by atoms with Gasteiger partial charge >= 0.3 is 5.97 Å². The van der Waals surface area contributed by atoms with Gasteiger partial charge in [-0.2, -0.15) is 5.10 Å². The predicted molar refractivity (Wildman–Crippen MR) is 103 cm³/mol. The van der Waals surface area contributed by atoms with Gasteiger partial charge in [-0.05, 0) is 45.2 Å². The van der Waals surface area contributed by atoms with Gasteiger partial charge in [-0.15, -0.1) is 0 Å². The molecule has 0 bridgehead atoms. The van der Waals surface area contributed by atoms with Crippen LogP contribution in [0.4, 0.5) is 0 Å². The fraction of sp³-hybridized carbons (Fsp3) is 0.450. The first kappa shape index (κ1) is 19.4. The smallest absolute Gasteiger partial charge is 0.311 e. The van der Waals surface area contributed by atoms with E-state index in [1.165, 1.54) is 0 Å². The highest BCUT2D eigenvalue weighted by Gasteiger charge is 2.40. The molecule has 1 amide bonds.